The van der Waals surface area contributed by atoms with Crippen molar-refractivity contribution < 1.29 is 14.4 Å². The van der Waals surface area contributed by atoms with Crippen LogP contribution in [-0.4, -0.2) is 30.8 Å². The summed E-state index contributed by atoms with van der Waals surface area (Å²) in [4.78, 5) is 35.0. The Morgan fingerprint density at radius 2 is 1.60 bits per heavy atom. The van der Waals surface area contributed by atoms with Gasteiger partial charge in [-0.1, -0.05) is 12.1 Å². The van der Waals surface area contributed by atoms with E-state index < -0.39 is 5.91 Å². The van der Waals surface area contributed by atoms with Crippen molar-refractivity contribution in [2.75, 3.05) is 23.7 Å². The highest BCUT2D eigenvalue weighted by molar-refractivity contribution is 5.98. The van der Waals surface area contributed by atoms with E-state index in [1.165, 1.54) is 0 Å². The molecule has 0 atom stereocenters. The van der Waals surface area contributed by atoms with Crippen LogP contribution in [-0.2, 0) is 4.79 Å². The van der Waals surface area contributed by atoms with Gasteiger partial charge in [0.15, 0.2) is 0 Å². The number of nitrogens with two attached hydrogens (primary N) is 1. The highest BCUT2D eigenvalue weighted by Crippen LogP contribution is 2.12. The van der Waals surface area contributed by atoms with Crippen LogP contribution in [0.5, 0.6) is 0 Å². The molecule has 0 radical (unpaired) electrons. The van der Waals surface area contributed by atoms with Gasteiger partial charge in [0, 0.05) is 29.0 Å². The van der Waals surface area contributed by atoms with E-state index in [2.05, 4.69) is 16.0 Å². The number of anilines is 2. The highest BCUT2D eigenvalue weighted by atomic mass is 16.2. The first kappa shape index (κ1) is 18.0. The van der Waals surface area contributed by atoms with Crippen molar-refractivity contribution >= 4 is 29.1 Å². The molecular weight excluding hydrogens is 320 g/mol. The van der Waals surface area contributed by atoms with Crippen LogP contribution < -0.4 is 21.7 Å². The van der Waals surface area contributed by atoms with Gasteiger partial charge >= 0.3 is 0 Å². The zero-order chi connectivity index (χ0) is 18.2. The van der Waals surface area contributed by atoms with Gasteiger partial charge in [-0.15, -0.1) is 0 Å². The van der Waals surface area contributed by atoms with Gasteiger partial charge < -0.3 is 21.7 Å². The first-order valence-corrected chi connectivity index (χ1v) is 7.81. The zero-order valence-electron chi connectivity index (χ0n) is 13.8. The third kappa shape index (κ3) is 5.35. The molecule has 7 nitrogen and oxygen atoms in total. The molecule has 25 heavy (non-hydrogen) atoms. The molecule has 3 amide bonds. The molecule has 0 saturated heterocycles. The summed E-state index contributed by atoms with van der Waals surface area (Å²) in [5, 5.41) is 8.33. The Morgan fingerprint density at radius 3 is 2.28 bits per heavy atom. The average Bonchev–Trinajstić information content (AvgIpc) is 2.60. The molecule has 0 spiro atoms. The monoisotopic (exact) mass is 340 g/mol. The molecule has 0 aliphatic heterocycles. The number of primary amides is 1. The summed E-state index contributed by atoms with van der Waals surface area (Å²) in [5.41, 5.74) is 7.20. The Labute approximate surface area is 145 Å². The van der Waals surface area contributed by atoms with E-state index in [-0.39, 0.29) is 18.4 Å². The highest BCUT2D eigenvalue weighted by Gasteiger charge is 2.07. The summed E-state index contributed by atoms with van der Waals surface area (Å²) < 4.78 is 0. The first-order chi connectivity index (χ1) is 12.0. The van der Waals surface area contributed by atoms with E-state index in [9.17, 15) is 14.4 Å². The fraction of sp³-hybridized carbons (Fsp3) is 0.167. The van der Waals surface area contributed by atoms with E-state index >= 15 is 0 Å². The molecule has 2 aromatic carbocycles. The van der Waals surface area contributed by atoms with Gasteiger partial charge in [0.2, 0.25) is 11.8 Å². The maximum absolute atomic E-state index is 12.0. The largest absolute Gasteiger partial charge is 0.376 e. The standard InChI is InChI=1S/C18H20N4O3/c1-2-20-18(25)13-6-4-8-15(10-13)22-16(23)11-21-14-7-3-5-12(9-14)17(19)24/h3-10,21H,2,11H2,1H3,(H2,19,24)(H,20,25)(H,22,23). The number of hydrogen-bond acceptors (Lipinski definition) is 4. The lowest BCUT2D eigenvalue weighted by molar-refractivity contribution is -0.114. The minimum absolute atomic E-state index is 0.00754. The van der Waals surface area contributed by atoms with Gasteiger partial charge in [0.05, 0.1) is 6.54 Å². The summed E-state index contributed by atoms with van der Waals surface area (Å²) >= 11 is 0. The molecule has 0 saturated carbocycles. The van der Waals surface area contributed by atoms with Crippen LogP contribution in [0.4, 0.5) is 11.4 Å². The third-order valence-corrected chi connectivity index (χ3v) is 3.35. The molecule has 0 unspecified atom stereocenters. The van der Waals surface area contributed by atoms with Crippen molar-refractivity contribution in [1.29, 1.82) is 0 Å². The smallest absolute Gasteiger partial charge is 0.251 e. The Kier molecular flexibility index (Phi) is 6.11. The number of hydrogen-bond donors (Lipinski definition) is 4. The molecular formula is C18H20N4O3. The normalized spacial score (nSPS) is 9.96. The number of carbonyl (C=O) groups excluding carboxylic acids is 3. The Morgan fingerprint density at radius 1 is 0.960 bits per heavy atom. The van der Waals surface area contributed by atoms with E-state index in [1.54, 1.807) is 48.5 Å². The quantitative estimate of drug-likeness (QED) is 0.613. The van der Waals surface area contributed by atoms with Gasteiger partial charge in [-0.25, -0.2) is 0 Å². The maximum Gasteiger partial charge on any atom is 0.251 e. The summed E-state index contributed by atoms with van der Waals surface area (Å²) in [6.45, 7) is 2.37. The fourth-order valence-electron chi connectivity index (χ4n) is 2.17. The number of nitrogens with one attached hydrogen (secondary N) is 3. The maximum atomic E-state index is 12.0. The SMILES string of the molecule is CCNC(=O)c1cccc(NC(=O)CNc2cccc(C(N)=O)c2)c1. The molecule has 130 valence electrons. The van der Waals surface area contributed by atoms with Gasteiger partial charge in [0.1, 0.15) is 0 Å². The molecule has 0 heterocycles. The number of amides is 3. The molecule has 0 aliphatic carbocycles. The molecule has 7 heteroatoms. The van der Waals surface area contributed by atoms with Crippen LogP contribution in [0.2, 0.25) is 0 Å². The average molecular weight is 340 g/mol. The Bertz CT molecular complexity index is 789. The number of rotatable bonds is 7. The van der Waals surface area contributed by atoms with Crippen molar-refractivity contribution in [3.63, 3.8) is 0 Å². The number of benzene rings is 2. The lowest BCUT2D eigenvalue weighted by Crippen LogP contribution is -2.24. The van der Waals surface area contributed by atoms with Gasteiger partial charge in [-0.05, 0) is 43.3 Å². The van der Waals surface area contributed by atoms with Crippen LogP contribution in [0.1, 0.15) is 27.6 Å². The second kappa shape index (κ2) is 8.49. The third-order valence-electron chi connectivity index (χ3n) is 3.35. The van der Waals surface area contributed by atoms with Crippen LogP contribution in [0, 0.1) is 0 Å². The van der Waals surface area contributed by atoms with Crippen molar-refractivity contribution in [3.8, 4) is 0 Å². The fourth-order valence-corrected chi connectivity index (χ4v) is 2.17. The molecule has 2 aromatic rings. The van der Waals surface area contributed by atoms with Gasteiger partial charge in [0.25, 0.3) is 5.91 Å². The zero-order valence-corrected chi connectivity index (χ0v) is 13.8. The lowest BCUT2D eigenvalue weighted by Gasteiger charge is -2.09. The second-order valence-corrected chi connectivity index (χ2v) is 5.29. The van der Waals surface area contributed by atoms with Crippen molar-refractivity contribution in [3.05, 3.63) is 59.7 Å². The molecule has 2 rings (SSSR count). The summed E-state index contributed by atoms with van der Waals surface area (Å²) in [5.74, 6) is -1.01. The topological polar surface area (TPSA) is 113 Å². The van der Waals surface area contributed by atoms with Gasteiger partial charge in [-0.3, -0.25) is 14.4 Å². The summed E-state index contributed by atoms with van der Waals surface area (Å²) in [7, 11) is 0. The van der Waals surface area contributed by atoms with Crippen LogP contribution in [0.15, 0.2) is 48.5 Å². The van der Waals surface area contributed by atoms with Gasteiger partial charge in [-0.2, -0.15) is 0 Å². The van der Waals surface area contributed by atoms with Crippen molar-refractivity contribution in [1.82, 2.24) is 5.32 Å². The van der Waals surface area contributed by atoms with Crippen molar-refractivity contribution in [2.24, 2.45) is 5.73 Å². The molecule has 0 aliphatic rings. The van der Waals surface area contributed by atoms with E-state index in [0.29, 0.717) is 29.0 Å². The van der Waals surface area contributed by atoms with Crippen LogP contribution in [0.25, 0.3) is 0 Å². The number of carbonyl (C=O) groups is 3. The van der Waals surface area contributed by atoms with Crippen LogP contribution in [0.3, 0.4) is 0 Å². The Balaban J connectivity index is 1.94. The van der Waals surface area contributed by atoms with E-state index in [1.807, 2.05) is 6.92 Å². The van der Waals surface area contributed by atoms with E-state index in [4.69, 9.17) is 5.73 Å². The predicted molar refractivity (Wildman–Crippen MR) is 96.5 cm³/mol. The minimum Gasteiger partial charge on any atom is -0.376 e. The summed E-state index contributed by atoms with van der Waals surface area (Å²) in [6.07, 6.45) is 0. The minimum atomic E-state index is -0.532. The molecule has 5 N–H and O–H groups in total. The second-order valence-electron chi connectivity index (χ2n) is 5.29. The summed E-state index contributed by atoms with van der Waals surface area (Å²) in [6, 6.07) is 13.3. The lowest BCUT2D eigenvalue weighted by atomic mass is 10.2. The molecule has 0 fully saturated rings. The molecule has 0 bridgehead atoms. The molecule has 0 aromatic heterocycles. The van der Waals surface area contributed by atoms with E-state index in [0.717, 1.165) is 0 Å². The van der Waals surface area contributed by atoms with Crippen LogP contribution >= 0.6 is 0 Å². The first-order valence-electron chi connectivity index (χ1n) is 7.81. The van der Waals surface area contributed by atoms with Crippen molar-refractivity contribution in [2.45, 2.75) is 6.92 Å². The Hall–Kier alpha value is -3.35. The predicted octanol–water partition coefficient (Wildman–Crippen LogP) is 1.59.